The van der Waals surface area contributed by atoms with Crippen molar-refractivity contribution in [2.45, 2.75) is 83.5 Å². The molecule has 0 aromatic heterocycles. The maximum atomic E-state index is 13.7. The number of urea groups is 1. The fourth-order valence-electron chi connectivity index (χ4n) is 5.04. The van der Waals surface area contributed by atoms with Crippen molar-refractivity contribution in [3.05, 3.63) is 29.3 Å². The van der Waals surface area contributed by atoms with Crippen LogP contribution in [0.15, 0.2) is 18.2 Å². The second-order valence-corrected chi connectivity index (χ2v) is 9.06. The van der Waals surface area contributed by atoms with Gasteiger partial charge >= 0.3 is 6.03 Å². The first-order valence-corrected chi connectivity index (χ1v) is 11.3. The molecule has 31 heavy (non-hydrogen) atoms. The van der Waals surface area contributed by atoms with E-state index in [2.05, 4.69) is 0 Å². The SMILES string of the molecule is C[C@H](N)C(=O)N(Cc1ccc(C(=N)N)c(O)c1)C(=O)N1C(C2CCCCC2)CC[C@H]1C. The van der Waals surface area contributed by atoms with Gasteiger partial charge in [0.2, 0.25) is 5.91 Å². The average molecular weight is 430 g/mol. The standard InChI is InChI=1S/C23H35N5O3/c1-14-8-11-19(17-6-4-3-5-7-17)28(14)23(31)27(22(30)15(2)24)13-16-9-10-18(21(25)26)20(29)12-16/h9-10,12,14-15,17,19,29H,3-8,11,13,24H2,1-2H3,(H3,25,26)/t14-,15+,19?/m1/s1. The largest absolute Gasteiger partial charge is 0.507 e. The Bertz CT molecular complexity index is 835. The van der Waals surface area contributed by atoms with Crippen molar-refractivity contribution in [3.8, 4) is 5.75 Å². The predicted octanol–water partition coefficient (Wildman–Crippen LogP) is 2.91. The monoisotopic (exact) mass is 429 g/mol. The number of carbonyl (C=O) groups excluding carboxylic acids is 2. The summed E-state index contributed by atoms with van der Waals surface area (Å²) in [5, 5.41) is 17.7. The summed E-state index contributed by atoms with van der Waals surface area (Å²) < 4.78 is 0. The van der Waals surface area contributed by atoms with Gasteiger partial charge in [0.05, 0.1) is 18.2 Å². The molecule has 1 saturated carbocycles. The number of phenolic OH excluding ortho intramolecular Hbond substituents is 1. The van der Waals surface area contributed by atoms with Gasteiger partial charge in [0.25, 0.3) is 0 Å². The van der Waals surface area contributed by atoms with Crippen molar-refractivity contribution in [3.63, 3.8) is 0 Å². The topological polar surface area (TPSA) is 137 Å². The molecule has 6 N–H and O–H groups in total. The molecule has 1 aliphatic heterocycles. The number of benzene rings is 1. The van der Waals surface area contributed by atoms with Crippen LogP contribution in [0, 0.1) is 11.3 Å². The third-order valence-corrected chi connectivity index (χ3v) is 6.71. The molecular formula is C23H35N5O3. The molecule has 3 rings (SSSR count). The van der Waals surface area contributed by atoms with Gasteiger partial charge in [0, 0.05) is 12.1 Å². The Morgan fingerprint density at radius 3 is 2.48 bits per heavy atom. The number of nitrogens with two attached hydrogens (primary N) is 2. The Kier molecular flexibility index (Phi) is 7.20. The summed E-state index contributed by atoms with van der Waals surface area (Å²) in [4.78, 5) is 29.7. The summed E-state index contributed by atoms with van der Waals surface area (Å²) in [6.45, 7) is 3.62. The first-order valence-electron chi connectivity index (χ1n) is 11.3. The maximum absolute atomic E-state index is 13.7. The van der Waals surface area contributed by atoms with Gasteiger partial charge < -0.3 is 21.5 Å². The summed E-state index contributed by atoms with van der Waals surface area (Å²) >= 11 is 0. The first-order chi connectivity index (χ1) is 14.7. The van der Waals surface area contributed by atoms with E-state index in [1.807, 2.05) is 11.8 Å². The third kappa shape index (κ3) is 5.01. The number of imide groups is 1. The highest BCUT2D eigenvalue weighted by molar-refractivity contribution is 5.98. The van der Waals surface area contributed by atoms with Crippen LogP contribution in [0.2, 0.25) is 0 Å². The summed E-state index contributed by atoms with van der Waals surface area (Å²) in [7, 11) is 0. The Labute approximate surface area is 184 Å². The van der Waals surface area contributed by atoms with Gasteiger partial charge in [-0.05, 0) is 63.1 Å². The summed E-state index contributed by atoms with van der Waals surface area (Å²) in [5.74, 6) is -0.361. The van der Waals surface area contributed by atoms with E-state index in [1.54, 1.807) is 13.0 Å². The minimum atomic E-state index is -0.819. The van der Waals surface area contributed by atoms with Gasteiger partial charge in [-0.3, -0.25) is 15.1 Å². The molecule has 2 fully saturated rings. The number of likely N-dealkylation sites (tertiary alicyclic amines) is 1. The van der Waals surface area contributed by atoms with Gasteiger partial charge in [0.15, 0.2) is 0 Å². The van der Waals surface area contributed by atoms with E-state index in [9.17, 15) is 14.7 Å². The molecule has 170 valence electrons. The van der Waals surface area contributed by atoms with Gasteiger partial charge in [-0.25, -0.2) is 4.79 Å². The number of phenols is 1. The van der Waals surface area contributed by atoms with Gasteiger partial charge in [-0.15, -0.1) is 0 Å². The van der Waals surface area contributed by atoms with Crippen LogP contribution in [-0.4, -0.2) is 50.8 Å². The van der Waals surface area contributed by atoms with Crippen LogP contribution in [-0.2, 0) is 11.3 Å². The van der Waals surface area contributed by atoms with Crippen LogP contribution < -0.4 is 11.5 Å². The Balaban J connectivity index is 1.87. The van der Waals surface area contributed by atoms with Crippen molar-refractivity contribution >= 4 is 17.8 Å². The van der Waals surface area contributed by atoms with E-state index in [1.165, 1.54) is 36.3 Å². The Morgan fingerprint density at radius 1 is 1.23 bits per heavy atom. The highest BCUT2D eigenvalue weighted by atomic mass is 16.3. The van der Waals surface area contributed by atoms with E-state index < -0.39 is 11.9 Å². The van der Waals surface area contributed by atoms with Crippen molar-refractivity contribution in [1.29, 1.82) is 5.41 Å². The Morgan fingerprint density at radius 2 is 1.90 bits per heavy atom. The number of nitrogen functional groups attached to an aromatic ring is 1. The lowest BCUT2D eigenvalue weighted by atomic mass is 9.83. The number of hydrogen-bond acceptors (Lipinski definition) is 5. The van der Waals surface area contributed by atoms with Crippen LogP contribution in [0.3, 0.4) is 0 Å². The van der Waals surface area contributed by atoms with Crippen molar-refractivity contribution < 1.29 is 14.7 Å². The molecule has 1 unspecified atom stereocenters. The number of carbonyl (C=O) groups is 2. The summed E-state index contributed by atoms with van der Waals surface area (Å²) in [5.41, 5.74) is 12.1. The number of aromatic hydroxyl groups is 1. The van der Waals surface area contributed by atoms with E-state index in [0.717, 1.165) is 25.7 Å². The summed E-state index contributed by atoms with van der Waals surface area (Å²) in [6.07, 6.45) is 7.80. The number of nitrogens with zero attached hydrogens (tertiary/aromatic N) is 2. The molecule has 1 aliphatic carbocycles. The molecule has 0 bridgehead atoms. The van der Waals surface area contributed by atoms with Crippen LogP contribution in [0.1, 0.15) is 69.9 Å². The quantitative estimate of drug-likeness (QED) is 0.421. The number of rotatable bonds is 5. The molecule has 0 radical (unpaired) electrons. The van der Waals surface area contributed by atoms with E-state index in [0.29, 0.717) is 11.5 Å². The zero-order valence-corrected chi connectivity index (χ0v) is 18.5. The predicted molar refractivity (Wildman–Crippen MR) is 120 cm³/mol. The second kappa shape index (κ2) is 9.68. The lowest BCUT2D eigenvalue weighted by Crippen LogP contribution is -2.54. The van der Waals surface area contributed by atoms with Crippen LogP contribution in [0.25, 0.3) is 0 Å². The molecule has 2 aliphatic rings. The smallest absolute Gasteiger partial charge is 0.327 e. The summed E-state index contributed by atoms with van der Waals surface area (Å²) in [6, 6.07) is 3.72. The van der Waals surface area contributed by atoms with Crippen molar-refractivity contribution in [2.24, 2.45) is 17.4 Å². The molecule has 1 aromatic carbocycles. The first kappa shape index (κ1) is 23.1. The molecule has 0 spiro atoms. The zero-order valence-electron chi connectivity index (χ0n) is 18.5. The average Bonchev–Trinajstić information content (AvgIpc) is 3.12. The van der Waals surface area contributed by atoms with E-state index >= 15 is 0 Å². The normalized spacial score (nSPS) is 22.9. The number of amidine groups is 1. The van der Waals surface area contributed by atoms with E-state index in [-0.39, 0.29) is 41.8 Å². The second-order valence-electron chi connectivity index (χ2n) is 9.06. The molecule has 1 heterocycles. The Hall–Kier alpha value is -2.61. The van der Waals surface area contributed by atoms with E-state index in [4.69, 9.17) is 16.9 Å². The van der Waals surface area contributed by atoms with Crippen LogP contribution in [0.4, 0.5) is 4.79 Å². The fraction of sp³-hybridized carbons (Fsp3) is 0.609. The highest BCUT2D eigenvalue weighted by Gasteiger charge is 2.42. The van der Waals surface area contributed by atoms with Gasteiger partial charge in [-0.2, -0.15) is 0 Å². The third-order valence-electron chi connectivity index (χ3n) is 6.71. The molecule has 8 heteroatoms. The highest BCUT2D eigenvalue weighted by Crippen LogP contribution is 2.37. The molecule has 3 atom stereocenters. The van der Waals surface area contributed by atoms with Crippen LogP contribution >= 0.6 is 0 Å². The molecule has 1 saturated heterocycles. The van der Waals surface area contributed by atoms with Crippen molar-refractivity contribution in [1.82, 2.24) is 9.80 Å². The minimum Gasteiger partial charge on any atom is -0.507 e. The lowest BCUT2D eigenvalue weighted by Gasteiger charge is -2.38. The van der Waals surface area contributed by atoms with Crippen LogP contribution in [0.5, 0.6) is 5.75 Å². The van der Waals surface area contributed by atoms with Crippen molar-refractivity contribution in [2.75, 3.05) is 0 Å². The lowest BCUT2D eigenvalue weighted by molar-refractivity contribution is -0.130. The van der Waals surface area contributed by atoms with Gasteiger partial charge in [0.1, 0.15) is 11.6 Å². The molecule has 3 amide bonds. The zero-order chi connectivity index (χ0) is 22.7. The molecule has 8 nitrogen and oxygen atoms in total. The molecule has 1 aromatic rings. The number of nitrogens with one attached hydrogen (secondary N) is 1. The molecular weight excluding hydrogens is 394 g/mol. The minimum absolute atomic E-state index is 0.00551. The fourth-order valence-corrected chi connectivity index (χ4v) is 5.04. The maximum Gasteiger partial charge on any atom is 0.327 e. The number of amides is 3. The van der Waals surface area contributed by atoms with Gasteiger partial charge in [-0.1, -0.05) is 25.3 Å². The number of hydrogen-bond donors (Lipinski definition) is 4.